The van der Waals surface area contributed by atoms with Crippen molar-refractivity contribution in [3.05, 3.63) is 53.6 Å². The summed E-state index contributed by atoms with van der Waals surface area (Å²) in [7, 11) is 0. The second-order valence-corrected chi connectivity index (χ2v) is 7.10. The lowest BCUT2D eigenvalue weighted by atomic mass is 10.1. The third kappa shape index (κ3) is 4.11. The molecule has 2 aromatic carbocycles. The molecule has 0 atom stereocenters. The number of fused-ring (bicyclic) bond motifs is 1. The summed E-state index contributed by atoms with van der Waals surface area (Å²) < 4.78 is 11.0. The van der Waals surface area contributed by atoms with Crippen LogP contribution in [0.15, 0.2) is 42.5 Å². The highest BCUT2D eigenvalue weighted by Gasteiger charge is 2.19. The number of benzene rings is 2. The first kappa shape index (κ1) is 18.3. The lowest BCUT2D eigenvalue weighted by Gasteiger charge is -2.20. The van der Waals surface area contributed by atoms with Gasteiger partial charge in [-0.05, 0) is 43.2 Å². The van der Waals surface area contributed by atoms with Crippen LogP contribution in [0.1, 0.15) is 46.4 Å². The van der Waals surface area contributed by atoms with Crippen molar-refractivity contribution in [2.45, 2.75) is 25.7 Å². The molecule has 0 saturated carbocycles. The SMILES string of the molecule is O=C(Nc1ccc2c(c1)OCCO2)c1cccc(C(=O)N2CCCCCC2)c1. The van der Waals surface area contributed by atoms with Gasteiger partial charge in [-0.15, -0.1) is 0 Å². The molecule has 28 heavy (non-hydrogen) atoms. The zero-order valence-electron chi connectivity index (χ0n) is 15.8. The minimum Gasteiger partial charge on any atom is -0.486 e. The maximum Gasteiger partial charge on any atom is 0.255 e. The van der Waals surface area contributed by atoms with Gasteiger partial charge in [-0.1, -0.05) is 18.9 Å². The minimum atomic E-state index is -0.262. The number of nitrogens with zero attached hydrogens (tertiary/aromatic N) is 1. The van der Waals surface area contributed by atoms with E-state index in [1.165, 1.54) is 12.8 Å². The van der Waals surface area contributed by atoms with Gasteiger partial charge in [0.2, 0.25) is 0 Å². The van der Waals surface area contributed by atoms with Crippen molar-refractivity contribution in [2.75, 3.05) is 31.6 Å². The fraction of sp³-hybridized carbons (Fsp3) is 0.364. The summed E-state index contributed by atoms with van der Waals surface area (Å²) in [6, 6.07) is 12.2. The van der Waals surface area contributed by atoms with Gasteiger partial charge in [-0.2, -0.15) is 0 Å². The van der Waals surface area contributed by atoms with Gasteiger partial charge in [0.15, 0.2) is 11.5 Å². The molecule has 146 valence electrons. The minimum absolute atomic E-state index is 0.00382. The Labute approximate surface area is 164 Å². The van der Waals surface area contributed by atoms with Gasteiger partial charge in [-0.3, -0.25) is 9.59 Å². The number of carbonyl (C=O) groups is 2. The Morgan fingerprint density at radius 2 is 1.54 bits per heavy atom. The Bertz CT molecular complexity index is 873. The zero-order valence-corrected chi connectivity index (χ0v) is 15.8. The van der Waals surface area contributed by atoms with Crippen LogP contribution in [0.4, 0.5) is 5.69 Å². The molecule has 0 radical (unpaired) electrons. The summed E-state index contributed by atoms with van der Waals surface area (Å²) >= 11 is 0. The molecule has 0 unspecified atom stereocenters. The van der Waals surface area contributed by atoms with E-state index < -0.39 is 0 Å². The molecule has 0 aromatic heterocycles. The van der Waals surface area contributed by atoms with Crippen LogP contribution >= 0.6 is 0 Å². The Balaban J connectivity index is 1.47. The van der Waals surface area contributed by atoms with E-state index in [4.69, 9.17) is 9.47 Å². The fourth-order valence-electron chi connectivity index (χ4n) is 3.57. The number of hydrogen-bond acceptors (Lipinski definition) is 4. The normalized spacial score (nSPS) is 16.2. The fourth-order valence-corrected chi connectivity index (χ4v) is 3.57. The smallest absolute Gasteiger partial charge is 0.255 e. The Hall–Kier alpha value is -3.02. The molecule has 1 N–H and O–H groups in total. The maximum atomic E-state index is 12.8. The van der Waals surface area contributed by atoms with Crippen molar-refractivity contribution in [1.82, 2.24) is 4.90 Å². The second-order valence-electron chi connectivity index (χ2n) is 7.10. The Morgan fingerprint density at radius 1 is 0.821 bits per heavy atom. The van der Waals surface area contributed by atoms with Crippen molar-refractivity contribution in [3.8, 4) is 11.5 Å². The monoisotopic (exact) mass is 380 g/mol. The number of likely N-dealkylation sites (tertiary alicyclic amines) is 1. The van der Waals surface area contributed by atoms with Crippen molar-refractivity contribution in [2.24, 2.45) is 0 Å². The summed E-state index contributed by atoms with van der Waals surface area (Å²) in [5, 5.41) is 2.86. The highest BCUT2D eigenvalue weighted by molar-refractivity contribution is 6.06. The van der Waals surface area contributed by atoms with Gasteiger partial charge in [-0.25, -0.2) is 0 Å². The second kappa shape index (κ2) is 8.33. The molecular formula is C22H24N2O4. The lowest BCUT2D eigenvalue weighted by molar-refractivity contribution is 0.0761. The Morgan fingerprint density at radius 3 is 2.32 bits per heavy atom. The van der Waals surface area contributed by atoms with E-state index in [-0.39, 0.29) is 11.8 Å². The number of amides is 2. The maximum absolute atomic E-state index is 12.8. The molecule has 2 aliphatic rings. The number of hydrogen-bond donors (Lipinski definition) is 1. The molecule has 6 nitrogen and oxygen atoms in total. The predicted octanol–water partition coefficient (Wildman–Crippen LogP) is 3.73. The quantitative estimate of drug-likeness (QED) is 0.881. The summed E-state index contributed by atoms with van der Waals surface area (Å²) in [5.74, 6) is 1.03. The summed E-state index contributed by atoms with van der Waals surface area (Å²) in [4.78, 5) is 27.4. The van der Waals surface area contributed by atoms with E-state index in [9.17, 15) is 9.59 Å². The average molecular weight is 380 g/mol. The van der Waals surface area contributed by atoms with E-state index >= 15 is 0 Å². The van der Waals surface area contributed by atoms with Gasteiger partial charge >= 0.3 is 0 Å². The molecule has 0 spiro atoms. The van der Waals surface area contributed by atoms with Crippen LogP contribution in [0, 0.1) is 0 Å². The standard InChI is InChI=1S/C22H24N2O4/c25-21(23-18-8-9-19-20(15-18)28-13-12-27-19)16-6-5-7-17(14-16)22(26)24-10-3-1-2-4-11-24/h5-9,14-15H,1-4,10-13H2,(H,23,25). The van der Waals surface area contributed by atoms with Crippen LogP contribution in [-0.2, 0) is 0 Å². The first-order chi connectivity index (χ1) is 13.7. The van der Waals surface area contributed by atoms with Crippen LogP contribution in [0.2, 0.25) is 0 Å². The molecule has 0 aliphatic carbocycles. The number of ether oxygens (including phenoxy) is 2. The topological polar surface area (TPSA) is 67.9 Å². The third-order valence-electron chi connectivity index (χ3n) is 5.07. The van der Waals surface area contributed by atoms with Gasteiger partial charge in [0, 0.05) is 36.0 Å². The highest BCUT2D eigenvalue weighted by Crippen LogP contribution is 2.32. The first-order valence-electron chi connectivity index (χ1n) is 9.81. The van der Waals surface area contributed by atoms with E-state index in [2.05, 4.69) is 5.32 Å². The van der Waals surface area contributed by atoms with E-state index in [1.54, 1.807) is 42.5 Å². The summed E-state index contributed by atoms with van der Waals surface area (Å²) in [5.41, 5.74) is 1.63. The first-order valence-corrected chi connectivity index (χ1v) is 9.81. The summed E-state index contributed by atoms with van der Waals surface area (Å²) in [6.45, 7) is 2.58. The number of carbonyl (C=O) groups excluding carboxylic acids is 2. The van der Waals surface area contributed by atoms with Crippen LogP contribution in [0.5, 0.6) is 11.5 Å². The van der Waals surface area contributed by atoms with Crippen LogP contribution in [-0.4, -0.2) is 43.0 Å². The molecule has 2 aromatic rings. The molecule has 2 heterocycles. The number of anilines is 1. The summed E-state index contributed by atoms with van der Waals surface area (Å²) in [6.07, 6.45) is 4.41. The van der Waals surface area contributed by atoms with Crippen LogP contribution in [0.25, 0.3) is 0 Å². The van der Waals surface area contributed by atoms with Crippen molar-refractivity contribution in [3.63, 3.8) is 0 Å². The highest BCUT2D eigenvalue weighted by atomic mass is 16.6. The van der Waals surface area contributed by atoms with E-state index in [0.717, 1.165) is 25.9 Å². The molecule has 2 amide bonds. The van der Waals surface area contributed by atoms with Crippen molar-refractivity contribution in [1.29, 1.82) is 0 Å². The van der Waals surface area contributed by atoms with Crippen molar-refractivity contribution >= 4 is 17.5 Å². The molecule has 2 aliphatic heterocycles. The third-order valence-corrected chi connectivity index (χ3v) is 5.07. The lowest BCUT2D eigenvalue weighted by Crippen LogP contribution is -2.32. The largest absolute Gasteiger partial charge is 0.486 e. The van der Waals surface area contributed by atoms with Crippen LogP contribution < -0.4 is 14.8 Å². The van der Waals surface area contributed by atoms with Crippen molar-refractivity contribution < 1.29 is 19.1 Å². The molecule has 1 fully saturated rings. The number of rotatable bonds is 3. The Kier molecular flexibility index (Phi) is 5.46. The molecule has 0 bridgehead atoms. The molecular weight excluding hydrogens is 356 g/mol. The molecule has 4 rings (SSSR count). The van der Waals surface area contributed by atoms with Crippen LogP contribution in [0.3, 0.4) is 0 Å². The predicted molar refractivity (Wildman–Crippen MR) is 106 cm³/mol. The molecule has 1 saturated heterocycles. The van der Waals surface area contributed by atoms with E-state index in [1.807, 2.05) is 4.90 Å². The molecule has 6 heteroatoms. The van der Waals surface area contributed by atoms with Gasteiger partial charge in [0.25, 0.3) is 11.8 Å². The number of nitrogens with one attached hydrogen (secondary N) is 1. The van der Waals surface area contributed by atoms with Gasteiger partial charge < -0.3 is 19.7 Å². The van der Waals surface area contributed by atoms with Gasteiger partial charge in [0.05, 0.1) is 0 Å². The zero-order chi connectivity index (χ0) is 19.3. The van der Waals surface area contributed by atoms with E-state index in [0.29, 0.717) is 41.5 Å². The van der Waals surface area contributed by atoms with Gasteiger partial charge in [0.1, 0.15) is 13.2 Å². The average Bonchev–Trinajstić information content (AvgIpc) is 3.03.